The fourth-order valence-electron chi connectivity index (χ4n) is 1.56. The second-order valence-corrected chi connectivity index (χ2v) is 5.38. The van der Waals surface area contributed by atoms with Crippen molar-refractivity contribution in [3.8, 4) is 5.75 Å². The summed E-state index contributed by atoms with van der Waals surface area (Å²) >= 11 is 0. The van der Waals surface area contributed by atoms with Gasteiger partial charge in [0, 0.05) is 24.3 Å². The molecule has 0 heterocycles. The lowest BCUT2D eigenvalue weighted by Crippen LogP contribution is -2.35. The van der Waals surface area contributed by atoms with Gasteiger partial charge in [-0.3, -0.25) is 0 Å². The smallest absolute Gasteiger partial charge is 0.165 e. The number of benzene rings is 1. The molecule has 108 valence electrons. The highest BCUT2D eigenvalue weighted by molar-refractivity contribution is 5.35. The van der Waals surface area contributed by atoms with E-state index in [0.717, 1.165) is 5.56 Å². The molecule has 0 spiro atoms. The predicted octanol–water partition coefficient (Wildman–Crippen LogP) is 3.13. The van der Waals surface area contributed by atoms with E-state index in [2.05, 4.69) is 26.1 Å². The Balaban J connectivity index is 2.66. The molecule has 0 aliphatic carbocycles. The quantitative estimate of drug-likeness (QED) is 0.771. The zero-order chi connectivity index (χ0) is 14.3. The van der Waals surface area contributed by atoms with Gasteiger partial charge in [0.2, 0.25) is 0 Å². The van der Waals surface area contributed by atoms with Crippen LogP contribution in [-0.2, 0) is 11.3 Å². The molecule has 0 amide bonds. The van der Waals surface area contributed by atoms with Gasteiger partial charge in [0.15, 0.2) is 11.6 Å². The first kappa shape index (κ1) is 15.9. The first-order valence-electron chi connectivity index (χ1n) is 6.67. The second kappa shape index (κ2) is 7.46. The van der Waals surface area contributed by atoms with Crippen LogP contribution < -0.4 is 10.1 Å². The van der Waals surface area contributed by atoms with Gasteiger partial charge in [0.1, 0.15) is 6.61 Å². The number of para-hydroxylation sites is 1. The van der Waals surface area contributed by atoms with Gasteiger partial charge in [-0.15, -0.1) is 0 Å². The normalized spacial score (nSPS) is 11.6. The summed E-state index contributed by atoms with van der Waals surface area (Å²) in [5.41, 5.74) is 0.806. The molecule has 4 heteroatoms. The van der Waals surface area contributed by atoms with E-state index >= 15 is 0 Å². The van der Waals surface area contributed by atoms with Crippen LogP contribution in [0.3, 0.4) is 0 Å². The Morgan fingerprint density at radius 3 is 2.58 bits per heavy atom. The molecular weight excluding hydrogens is 245 g/mol. The zero-order valence-electron chi connectivity index (χ0n) is 12.3. The maximum Gasteiger partial charge on any atom is 0.165 e. The van der Waals surface area contributed by atoms with Gasteiger partial charge >= 0.3 is 0 Å². The summed E-state index contributed by atoms with van der Waals surface area (Å²) in [5.74, 6) is -0.0105. The van der Waals surface area contributed by atoms with Crippen molar-refractivity contribution in [3.05, 3.63) is 29.6 Å². The molecule has 0 saturated carbocycles. The summed E-state index contributed by atoms with van der Waals surface area (Å²) in [4.78, 5) is 0. The van der Waals surface area contributed by atoms with Crippen LogP contribution in [0.1, 0.15) is 33.3 Å². The lowest BCUT2D eigenvalue weighted by atomic mass is 10.1. The summed E-state index contributed by atoms with van der Waals surface area (Å²) in [6, 6.07) is 4.98. The summed E-state index contributed by atoms with van der Waals surface area (Å²) in [6.45, 7) is 10.2. The Labute approximate surface area is 115 Å². The van der Waals surface area contributed by atoms with E-state index in [1.165, 1.54) is 6.07 Å². The van der Waals surface area contributed by atoms with Crippen molar-refractivity contribution < 1.29 is 13.9 Å². The number of ether oxygens (including phenoxy) is 2. The Kier molecular flexibility index (Phi) is 6.25. The fraction of sp³-hybridized carbons (Fsp3) is 0.600. The van der Waals surface area contributed by atoms with Crippen LogP contribution in [0.25, 0.3) is 0 Å². The van der Waals surface area contributed by atoms with Gasteiger partial charge in [0.25, 0.3) is 0 Å². The first-order chi connectivity index (χ1) is 8.94. The molecule has 0 radical (unpaired) electrons. The van der Waals surface area contributed by atoms with Crippen LogP contribution in [0.5, 0.6) is 5.75 Å². The third kappa shape index (κ3) is 6.03. The third-order valence-electron chi connectivity index (χ3n) is 2.54. The second-order valence-electron chi connectivity index (χ2n) is 5.38. The molecule has 0 aliphatic heterocycles. The van der Waals surface area contributed by atoms with Crippen molar-refractivity contribution in [3.63, 3.8) is 0 Å². The standard InChI is InChI=1S/C15H24FNO2/c1-5-18-9-10-19-14-12(7-6-8-13(14)16)11-17-15(2,3)4/h6-8,17H,5,9-11H2,1-4H3. The maximum absolute atomic E-state index is 13.8. The molecule has 0 aromatic heterocycles. The average molecular weight is 269 g/mol. The van der Waals surface area contributed by atoms with Crippen molar-refractivity contribution in [1.29, 1.82) is 0 Å². The number of halogens is 1. The van der Waals surface area contributed by atoms with Gasteiger partial charge in [-0.1, -0.05) is 12.1 Å². The molecule has 3 nitrogen and oxygen atoms in total. The van der Waals surface area contributed by atoms with Crippen LogP contribution in [0.2, 0.25) is 0 Å². The van der Waals surface area contributed by atoms with E-state index in [0.29, 0.717) is 32.1 Å². The van der Waals surface area contributed by atoms with E-state index in [1.807, 2.05) is 13.0 Å². The van der Waals surface area contributed by atoms with Crippen molar-refractivity contribution in [1.82, 2.24) is 5.32 Å². The van der Waals surface area contributed by atoms with Crippen LogP contribution in [0.15, 0.2) is 18.2 Å². The van der Waals surface area contributed by atoms with E-state index in [9.17, 15) is 4.39 Å². The number of hydrogen-bond acceptors (Lipinski definition) is 3. The van der Waals surface area contributed by atoms with Crippen molar-refractivity contribution in [2.45, 2.75) is 39.8 Å². The molecule has 0 atom stereocenters. The molecule has 1 N–H and O–H groups in total. The van der Waals surface area contributed by atoms with Crippen LogP contribution in [0, 0.1) is 5.82 Å². The lowest BCUT2D eigenvalue weighted by Gasteiger charge is -2.21. The number of nitrogens with one attached hydrogen (secondary N) is 1. The van der Waals surface area contributed by atoms with Gasteiger partial charge < -0.3 is 14.8 Å². The third-order valence-corrected chi connectivity index (χ3v) is 2.54. The summed E-state index contributed by atoms with van der Waals surface area (Å²) < 4.78 is 24.5. The molecule has 1 rings (SSSR count). The topological polar surface area (TPSA) is 30.5 Å². The largest absolute Gasteiger partial charge is 0.488 e. The monoisotopic (exact) mass is 269 g/mol. The highest BCUT2D eigenvalue weighted by Crippen LogP contribution is 2.23. The molecular formula is C15H24FNO2. The Bertz CT molecular complexity index is 388. The van der Waals surface area contributed by atoms with Crippen LogP contribution in [0.4, 0.5) is 4.39 Å². The first-order valence-corrected chi connectivity index (χ1v) is 6.67. The lowest BCUT2D eigenvalue weighted by molar-refractivity contribution is 0.108. The van der Waals surface area contributed by atoms with Crippen LogP contribution in [-0.4, -0.2) is 25.4 Å². The van der Waals surface area contributed by atoms with Crippen molar-refractivity contribution >= 4 is 0 Å². The van der Waals surface area contributed by atoms with Gasteiger partial charge in [-0.05, 0) is 33.8 Å². The van der Waals surface area contributed by atoms with E-state index in [4.69, 9.17) is 9.47 Å². The van der Waals surface area contributed by atoms with E-state index in [-0.39, 0.29) is 11.4 Å². The average Bonchev–Trinajstić information content (AvgIpc) is 2.33. The van der Waals surface area contributed by atoms with Crippen molar-refractivity contribution in [2.75, 3.05) is 19.8 Å². The van der Waals surface area contributed by atoms with E-state index < -0.39 is 0 Å². The van der Waals surface area contributed by atoms with Gasteiger partial charge in [-0.2, -0.15) is 0 Å². The van der Waals surface area contributed by atoms with Gasteiger partial charge in [0.05, 0.1) is 6.61 Å². The summed E-state index contributed by atoms with van der Waals surface area (Å²) in [5, 5.41) is 3.33. The predicted molar refractivity (Wildman–Crippen MR) is 75.0 cm³/mol. The minimum Gasteiger partial charge on any atom is -0.488 e. The molecule has 0 bridgehead atoms. The van der Waals surface area contributed by atoms with Crippen molar-refractivity contribution in [2.24, 2.45) is 0 Å². The maximum atomic E-state index is 13.8. The zero-order valence-corrected chi connectivity index (χ0v) is 12.3. The molecule has 0 saturated heterocycles. The molecule has 19 heavy (non-hydrogen) atoms. The van der Waals surface area contributed by atoms with Crippen LogP contribution >= 0.6 is 0 Å². The SMILES string of the molecule is CCOCCOc1c(F)cccc1CNC(C)(C)C. The fourth-order valence-corrected chi connectivity index (χ4v) is 1.56. The summed E-state index contributed by atoms with van der Waals surface area (Å²) in [6.07, 6.45) is 0. The Morgan fingerprint density at radius 2 is 1.95 bits per heavy atom. The molecule has 0 aliphatic rings. The highest BCUT2D eigenvalue weighted by atomic mass is 19.1. The minimum atomic E-state index is -0.329. The Morgan fingerprint density at radius 1 is 1.21 bits per heavy atom. The van der Waals surface area contributed by atoms with E-state index in [1.54, 1.807) is 6.07 Å². The Hall–Kier alpha value is -1.13. The number of hydrogen-bond donors (Lipinski definition) is 1. The molecule has 0 unspecified atom stereocenters. The minimum absolute atomic E-state index is 0.0189. The highest BCUT2D eigenvalue weighted by Gasteiger charge is 2.13. The van der Waals surface area contributed by atoms with Gasteiger partial charge in [-0.25, -0.2) is 4.39 Å². The molecule has 0 fully saturated rings. The number of rotatable bonds is 7. The molecule has 1 aromatic rings. The summed E-state index contributed by atoms with van der Waals surface area (Å²) in [7, 11) is 0. The molecule has 1 aromatic carbocycles.